The van der Waals surface area contributed by atoms with E-state index >= 15 is 0 Å². The second-order valence-electron chi connectivity index (χ2n) is 17.5. The van der Waals surface area contributed by atoms with E-state index in [1.54, 1.807) is 0 Å². The number of methoxy groups -OCH3 is 1. The van der Waals surface area contributed by atoms with Crippen LogP contribution in [-0.4, -0.2) is 90.6 Å². The molecule has 2 aliphatic heterocycles. The van der Waals surface area contributed by atoms with Gasteiger partial charge in [0.05, 0.1) is 42.1 Å². The van der Waals surface area contributed by atoms with Crippen LogP contribution in [0.25, 0.3) is 55.3 Å². The van der Waals surface area contributed by atoms with E-state index in [-0.39, 0.29) is 41.8 Å². The highest BCUT2D eigenvalue weighted by atomic mass is 16.5. The minimum absolute atomic E-state index is 0.00895. The number of carbonyl (C=O) groups excluding carboxylic acids is 3. The third-order valence-corrected chi connectivity index (χ3v) is 12.8. The van der Waals surface area contributed by atoms with Gasteiger partial charge in [0.1, 0.15) is 23.7 Å². The number of benzene rings is 4. The summed E-state index contributed by atoms with van der Waals surface area (Å²) in [7, 11) is 1.29. The number of aromatic amines is 2. The van der Waals surface area contributed by atoms with Crippen molar-refractivity contribution < 1.29 is 29.0 Å². The normalized spacial score (nSPS) is 18.6. The number of hydrogen-bond donors (Lipinski definition) is 5. The van der Waals surface area contributed by atoms with E-state index in [1.807, 2.05) is 49.8 Å². The van der Waals surface area contributed by atoms with Crippen LogP contribution in [0.15, 0.2) is 85.1 Å². The number of alkyl carbamates (subject to hydrolysis) is 1. The molecule has 0 unspecified atom stereocenters. The number of likely N-dealkylation sites (tertiary alicyclic amines) is 2. The predicted molar refractivity (Wildman–Crippen MR) is 243 cm³/mol. The van der Waals surface area contributed by atoms with Gasteiger partial charge in [-0.3, -0.25) is 9.59 Å². The van der Waals surface area contributed by atoms with Crippen LogP contribution in [0.1, 0.15) is 90.5 Å². The lowest BCUT2D eigenvalue weighted by Crippen LogP contribution is -2.52. The fraction of sp³-hybridized carbons (Fsp3) is 0.388. The summed E-state index contributed by atoms with van der Waals surface area (Å²) in [6, 6.07) is 25.5. The van der Waals surface area contributed by atoms with Crippen LogP contribution < -0.4 is 10.6 Å². The fourth-order valence-electron chi connectivity index (χ4n) is 9.35. The van der Waals surface area contributed by atoms with Crippen LogP contribution in [0.5, 0.6) is 0 Å². The standard InChI is InChI=1S/C49H56N8O6/c1-7-36-19-21-41(57(36)47(59)43(28(4)5)54-48(60)61)45-51-37-20-18-35(25-38(37)52-45)34-17-16-32-23-31(14-15-33(32)24-34)29-10-12-30(13-11-29)39-26-50-44(53-39)40-9-8-22-56(40)46(58)42(27(2)3)55-49(62)63-6/h10-18,20,23-28,36,40-43,54H,7-9,19,21-22H2,1-6H3,(H,50,53)(H,51,52)(H,55,62)(H,60,61)/t36-,40+,41+,42+,43+/m1/s1. The van der Waals surface area contributed by atoms with Gasteiger partial charge in [-0.2, -0.15) is 0 Å². The first-order valence-electron chi connectivity index (χ1n) is 22.0. The maximum absolute atomic E-state index is 13.9. The number of carboxylic acid groups (broad SMARTS) is 1. The summed E-state index contributed by atoms with van der Waals surface area (Å²) >= 11 is 0. The number of amides is 4. The molecule has 0 spiro atoms. The molecule has 328 valence electrons. The third-order valence-electron chi connectivity index (χ3n) is 12.8. The molecular weight excluding hydrogens is 797 g/mol. The SMILES string of the molecule is CC[C@@H]1CC[C@@H](c2nc3ccc(-c4ccc5cc(-c6ccc(-c7cnc([C@@H]8CCCN8C(=O)[C@@H](NC(=O)OC)C(C)C)[nH]7)cc6)ccc5c4)cc3[nH]2)N1C(=O)[C@@H](NC(=O)O)C(C)C. The van der Waals surface area contributed by atoms with Crippen molar-refractivity contribution in [1.82, 2.24) is 40.4 Å². The number of rotatable bonds is 12. The lowest BCUT2D eigenvalue weighted by atomic mass is 9.97. The number of carbonyl (C=O) groups is 4. The number of H-pyrrole nitrogens is 2. The highest BCUT2D eigenvalue weighted by Crippen LogP contribution is 2.39. The predicted octanol–water partition coefficient (Wildman–Crippen LogP) is 9.22. The lowest BCUT2D eigenvalue weighted by Gasteiger charge is -2.33. The minimum Gasteiger partial charge on any atom is -0.465 e. The number of aromatic nitrogens is 4. The van der Waals surface area contributed by atoms with Gasteiger partial charge < -0.3 is 40.2 Å². The second-order valence-corrected chi connectivity index (χ2v) is 17.5. The largest absolute Gasteiger partial charge is 0.465 e. The smallest absolute Gasteiger partial charge is 0.407 e. The molecule has 8 rings (SSSR count). The molecule has 2 fully saturated rings. The number of nitrogens with zero attached hydrogens (tertiary/aromatic N) is 4. The van der Waals surface area contributed by atoms with Gasteiger partial charge in [0.2, 0.25) is 11.8 Å². The molecule has 5 N–H and O–H groups in total. The van der Waals surface area contributed by atoms with Crippen molar-refractivity contribution in [3.05, 3.63) is 96.7 Å². The Morgan fingerprint density at radius 3 is 2.02 bits per heavy atom. The van der Waals surface area contributed by atoms with Gasteiger partial charge >= 0.3 is 12.2 Å². The fourth-order valence-corrected chi connectivity index (χ4v) is 9.35. The van der Waals surface area contributed by atoms with Crippen molar-refractivity contribution in [2.75, 3.05) is 13.7 Å². The molecule has 6 aromatic rings. The zero-order valence-corrected chi connectivity index (χ0v) is 36.6. The first kappa shape index (κ1) is 43.0. The van der Waals surface area contributed by atoms with Crippen molar-refractivity contribution in [1.29, 1.82) is 0 Å². The minimum atomic E-state index is -1.21. The zero-order valence-electron chi connectivity index (χ0n) is 36.6. The molecule has 4 heterocycles. The Balaban J connectivity index is 0.965. The van der Waals surface area contributed by atoms with Crippen molar-refractivity contribution in [3.63, 3.8) is 0 Å². The van der Waals surface area contributed by atoms with E-state index in [2.05, 4.69) is 100 Å². The molecule has 0 bridgehead atoms. The van der Waals surface area contributed by atoms with Gasteiger partial charge in [-0.1, -0.05) is 89.2 Å². The number of imidazole rings is 2. The van der Waals surface area contributed by atoms with E-state index in [9.17, 15) is 24.3 Å². The Bertz CT molecular complexity index is 2650. The maximum Gasteiger partial charge on any atom is 0.407 e. The molecule has 5 atom stereocenters. The first-order valence-corrected chi connectivity index (χ1v) is 22.0. The topological polar surface area (TPSA) is 186 Å². The summed E-state index contributed by atoms with van der Waals surface area (Å²) in [5.41, 5.74) is 7.84. The molecule has 0 aliphatic carbocycles. The van der Waals surface area contributed by atoms with E-state index in [4.69, 9.17) is 14.7 Å². The molecule has 14 nitrogen and oxygen atoms in total. The van der Waals surface area contributed by atoms with Crippen LogP contribution in [0, 0.1) is 11.8 Å². The van der Waals surface area contributed by atoms with Gasteiger partial charge in [-0.25, -0.2) is 19.6 Å². The summed E-state index contributed by atoms with van der Waals surface area (Å²) in [4.78, 5) is 71.3. The quantitative estimate of drug-likeness (QED) is 0.0807. The van der Waals surface area contributed by atoms with Gasteiger partial charge in [0.15, 0.2) is 0 Å². The van der Waals surface area contributed by atoms with Crippen molar-refractivity contribution in [2.45, 2.75) is 96.9 Å². The van der Waals surface area contributed by atoms with Crippen LogP contribution in [0.3, 0.4) is 0 Å². The number of fused-ring (bicyclic) bond motifs is 2. The monoisotopic (exact) mass is 852 g/mol. The Kier molecular flexibility index (Phi) is 12.2. The van der Waals surface area contributed by atoms with Crippen LogP contribution in [0.4, 0.5) is 9.59 Å². The average Bonchev–Trinajstić information content (AvgIpc) is 4.12. The van der Waals surface area contributed by atoms with Crippen molar-refractivity contribution in [3.8, 4) is 33.5 Å². The molecule has 4 amide bonds. The summed E-state index contributed by atoms with van der Waals surface area (Å²) in [5, 5.41) is 16.9. The molecule has 2 aliphatic rings. The average molecular weight is 853 g/mol. The number of nitrogens with one attached hydrogen (secondary N) is 4. The van der Waals surface area contributed by atoms with E-state index in [0.717, 1.165) is 93.2 Å². The third kappa shape index (κ3) is 8.71. The maximum atomic E-state index is 13.9. The van der Waals surface area contributed by atoms with E-state index in [0.29, 0.717) is 12.4 Å². The van der Waals surface area contributed by atoms with Gasteiger partial charge in [-0.15, -0.1) is 0 Å². The molecule has 14 heteroatoms. The summed E-state index contributed by atoms with van der Waals surface area (Å²) < 4.78 is 4.77. The molecule has 2 saturated heterocycles. The Hall–Kier alpha value is -6.70. The van der Waals surface area contributed by atoms with Crippen molar-refractivity contribution >= 4 is 45.8 Å². The van der Waals surface area contributed by atoms with Crippen LogP contribution in [0.2, 0.25) is 0 Å². The van der Waals surface area contributed by atoms with Crippen LogP contribution >= 0.6 is 0 Å². The van der Waals surface area contributed by atoms with Gasteiger partial charge in [-0.05, 0) is 107 Å². The molecule has 2 aromatic heterocycles. The summed E-state index contributed by atoms with van der Waals surface area (Å²) in [5.74, 6) is 0.792. The lowest BCUT2D eigenvalue weighted by molar-refractivity contribution is -0.138. The Morgan fingerprint density at radius 1 is 0.746 bits per heavy atom. The summed E-state index contributed by atoms with van der Waals surface area (Å²) in [6.45, 7) is 10.2. The second kappa shape index (κ2) is 18.0. The highest BCUT2D eigenvalue weighted by Gasteiger charge is 2.42. The van der Waals surface area contributed by atoms with E-state index < -0.39 is 24.3 Å². The molecule has 4 aromatic carbocycles. The number of ether oxygens (including phenoxy) is 1. The first-order chi connectivity index (χ1) is 30.3. The molecular formula is C49H56N8O6. The molecule has 0 radical (unpaired) electrons. The molecule has 0 saturated carbocycles. The Morgan fingerprint density at radius 2 is 1.37 bits per heavy atom. The van der Waals surface area contributed by atoms with Crippen LogP contribution in [-0.2, 0) is 14.3 Å². The van der Waals surface area contributed by atoms with Crippen molar-refractivity contribution in [2.24, 2.45) is 11.8 Å². The number of hydrogen-bond acceptors (Lipinski definition) is 7. The summed E-state index contributed by atoms with van der Waals surface area (Å²) in [6.07, 6.45) is 3.97. The Labute approximate surface area is 366 Å². The van der Waals surface area contributed by atoms with Gasteiger partial charge in [0, 0.05) is 12.6 Å². The highest BCUT2D eigenvalue weighted by molar-refractivity contribution is 5.92. The van der Waals surface area contributed by atoms with Gasteiger partial charge in [0.25, 0.3) is 0 Å². The van der Waals surface area contributed by atoms with E-state index in [1.165, 1.54) is 7.11 Å². The zero-order chi connectivity index (χ0) is 44.5. The molecule has 63 heavy (non-hydrogen) atoms.